The van der Waals surface area contributed by atoms with Gasteiger partial charge in [0.05, 0.1) is 0 Å². The number of hydrogen-bond acceptors (Lipinski definition) is 3. The standard InChI is InChI=1S/C26H28N2O2/c1-20-16-17-28(18-20)24-14-12-23(13-15-24)27-25(29)19-30-26(21-8-4-2-5-9-21)22-10-6-3-7-11-22/h2-15,20,26H,16-19H2,1H3,(H,27,29). The second-order valence-electron chi connectivity index (χ2n) is 7.95. The summed E-state index contributed by atoms with van der Waals surface area (Å²) in [6.45, 7) is 4.47. The minimum Gasteiger partial charge on any atom is -0.371 e. The molecule has 30 heavy (non-hydrogen) atoms. The molecule has 1 N–H and O–H groups in total. The molecule has 0 aromatic heterocycles. The van der Waals surface area contributed by atoms with Crippen molar-refractivity contribution in [2.45, 2.75) is 19.4 Å². The molecule has 154 valence electrons. The molecule has 3 aromatic rings. The molecule has 1 aliphatic heterocycles. The fourth-order valence-electron chi connectivity index (χ4n) is 3.92. The summed E-state index contributed by atoms with van der Waals surface area (Å²) in [5.74, 6) is 0.582. The van der Waals surface area contributed by atoms with Crippen molar-refractivity contribution in [1.82, 2.24) is 0 Å². The van der Waals surface area contributed by atoms with Gasteiger partial charge in [-0.2, -0.15) is 0 Å². The number of hydrogen-bond donors (Lipinski definition) is 1. The van der Waals surface area contributed by atoms with Gasteiger partial charge in [0.15, 0.2) is 0 Å². The highest BCUT2D eigenvalue weighted by atomic mass is 16.5. The second-order valence-corrected chi connectivity index (χ2v) is 7.95. The topological polar surface area (TPSA) is 41.6 Å². The van der Waals surface area contributed by atoms with E-state index in [9.17, 15) is 4.79 Å². The molecule has 0 radical (unpaired) electrons. The van der Waals surface area contributed by atoms with Gasteiger partial charge in [-0.25, -0.2) is 0 Å². The summed E-state index contributed by atoms with van der Waals surface area (Å²) in [4.78, 5) is 14.9. The lowest BCUT2D eigenvalue weighted by Gasteiger charge is -2.19. The van der Waals surface area contributed by atoms with Gasteiger partial charge in [-0.3, -0.25) is 4.79 Å². The van der Waals surface area contributed by atoms with Crippen LogP contribution in [0, 0.1) is 5.92 Å². The third kappa shape index (κ3) is 5.08. The van der Waals surface area contributed by atoms with Crippen LogP contribution < -0.4 is 10.2 Å². The Balaban J connectivity index is 1.37. The van der Waals surface area contributed by atoms with E-state index < -0.39 is 0 Å². The maximum atomic E-state index is 12.5. The number of rotatable bonds is 7. The Morgan fingerprint density at radius 1 is 0.967 bits per heavy atom. The molecule has 4 rings (SSSR count). The summed E-state index contributed by atoms with van der Waals surface area (Å²) in [5, 5.41) is 2.94. The van der Waals surface area contributed by atoms with Crippen molar-refractivity contribution in [2.75, 3.05) is 29.9 Å². The number of carbonyl (C=O) groups excluding carboxylic acids is 1. The predicted molar refractivity (Wildman–Crippen MR) is 122 cm³/mol. The van der Waals surface area contributed by atoms with E-state index in [0.29, 0.717) is 0 Å². The van der Waals surface area contributed by atoms with Crippen LogP contribution in [0.25, 0.3) is 0 Å². The van der Waals surface area contributed by atoms with Crippen LogP contribution >= 0.6 is 0 Å². The molecule has 1 amide bonds. The monoisotopic (exact) mass is 400 g/mol. The number of nitrogens with one attached hydrogen (secondary N) is 1. The number of amides is 1. The highest BCUT2D eigenvalue weighted by Gasteiger charge is 2.19. The van der Waals surface area contributed by atoms with E-state index in [-0.39, 0.29) is 18.6 Å². The molecule has 1 atom stereocenters. The predicted octanol–water partition coefficient (Wildman–Crippen LogP) is 5.28. The molecule has 0 bridgehead atoms. The van der Waals surface area contributed by atoms with Crippen LogP contribution in [0.2, 0.25) is 0 Å². The van der Waals surface area contributed by atoms with Gasteiger partial charge in [0.25, 0.3) is 0 Å². The third-order valence-electron chi connectivity index (χ3n) is 5.53. The first-order valence-electron chi connectivity index (χ1n) is 10.6. The average Bonchev–Trinajstić information content (AvgIpc) is 3.22. The molecule has 1 aliphatic rings. The summed E-state index contributed by atoms with van der Waals surface area (Å²) in [6, 6.07) is 28.0. The van der Waals surface area contributed by atoms with Gasteiger partial charge in [0.1, 0.15) is 12.7 Å². The maximum Gasteiger partial charge on any atom is 0.250 e. The van der Waals surface area contributed by atoms with Gasteiger partial charge in [-0.05, 0) is 47.7 Å². The quantitative estimate of drug-likeness (QED) is 0.587. The second kappa shape index (κ2) is 9.59. The molecule has 4 nitrogen and oxygen atoms in total. The van der Waals surface area contributed by atoms with E-state index in [1.54, 1.807) is 0 Å². The van der Waals surface area contributed by atoms with E-state index in [4.69, 9.17) is 4.74 Å². The molecular weight excluding hydrogens is 372 g/mol. The van der Waals surface area contributed by atoms with Crippen LogP contribution in [0.4, 0.5) is 11.4 Å². The largest absolute Gasteiger partial charge is 0.371 e. The first-order valence-corrected chi connectivity index (χ1v) is 10.6. The molecule has 0 spiro atoms. The number of benzene rings is 3. The smallest absolute Gasteiger partial charge is 0.250 e. The summed E-state index contributed by atoms with van der Waals surface area (Å²) in [7, 11) is 0. The van der Waals surface area contributed by atoms with Gasteiger partial charge in [0, 0.05) is 24.5 Å². The third-order valence-corrected chi connectivity index (χ3v) is 5.53. The molecule has 4 heteroatoms. The van der Waals surface area contributed by atoms with Crippen LogP contribution in [0.1, 0.15) is 30.6 Å². The van der Waals surface area contributed by atoms with Crippen LogP contribution in [-0.2, 0) is 9.53 Å². The molecule has 0 saturated carbocycles. The number of ether oxygens (including phenoxy) is 1. The van der Waals surface area contributed by atoms with Crippen LogP contribution in [0.5, 0.6) is 0 Å². The van der Waals surface area contributed by atoms with Gasteiger partial charge in [-0.1, -0.05) is 67.6 Å². The van der Waals surface area contributed by atoms with E-state index in [0.717, 1.165) is 35.8 Å². The van der Waals surface area contributed by atoms with Crippen molar-refractivity contribution in [3.8, 4) is 0 Å². The minimum absolute atomic E-state index is 0.0140. The van der Waals surface area contributed by atoms with Gasteiger partial charge in [-0.15, -0.1) is 0 Å². The fourth-order valence-corrected chi connectivity index (χ4v) is 3.92. The Morgan fingerprint density at radius 3 is 2.10 bits per heavy atom. The number of nitrogens with zero attached hydrogens (tertiary/aromatic N) is 1. The first-order chi connectivity index (χ1) is 14.7. The van der Waals surface area contributed by atoms with Crippen molar-refractivity contribution in [2.24, 2.45) is 5.92 Å². The summed E-state index contributed by atoms with van der Waals surface area (Å²) >= 11 is 0. The Bertz CT molecular complexity index is 902. The fraction of sp³-hybridized carbons (Fsp3) is 0.269. The minimum atomic E-state index is -0.280. The molecule has 1 saturated heterocycles. The van der Waals surface area contributed by atoms with Crippen molar-refractivity contribution >= 4 is 17.3 Å². The van der Waals surface area contributed by atoms with Crippen molar-refractivity contribution in [3.05, 3.63) is 96.1 Å². The van der Waals surface area contributed by atoms with Crippen LogP contribution in [0.3, 0.4) is 0 Å². The van der Waals surface area contributed by atoms with E-state index in [2.05, 4.69) is 29.3 Å². The van der Waals surface area contributed by atoms with Gasteiger partial charge >= 0.3 is 0 Å². The Labute approximate surface area is 178 Å². The van der Waals surface area contributed by atoms with E-state index in [1.165, 1.54) is 12.1 Å². The lowest BCUT2D eigenvalue weighted by atomic mass is 10.0. The summed E-state index contributed by atoms with van der Waals surface area (Å²) < 4.78 is 6.04. The van der Waals surface area contributed by atoms with E-state index >= 15 is 0 Å². The molecule has 0 aliphatic carbocycles. The molecule has 1 heterocycles. The lowest BCUT2D eigenvalue weighted by Crippen LogP contribution is -2.21. The van der Waals surface area contributed by atoms with Gasteiger partial charge in [0.2, 0.25) is 5.91 Å². The number of carbonyl (C=O) groups is 1. The Kier molecular flexibility index (Phi) is 6.45. The van der Waals surface area contributed by atoms with Crippen LogP contribution in [0.15, 0.2) is 84.9 Å². The van der Waals surface area contributed by atoms with Crippen LogP contribution in [-0.4, -0.2) is 25.6 Å². The highest BCUT2D eigenvalue weighted by Crippen LogP contribution is 2.26. The molecule has 1 unspecified atom stereocenters. The zero-order valence-corrected chi connectivity index (χ0v) is 17.3. The molecule has 3 aromatic carbocycles. The zero-order chi connectivity index (χ0) is 20.8. The van der Waals surface area contributed by atoms with Gasteiger partial charge < -0.3 is 15.0 Å². The number of anilines is 2. The molecule has 1 fully saturated rings. The summed E-state index contributed by atoms with van der Waals surface area (Å²) in [5.41, 5.74) is 4.05. The van der Waals surface area contributed by atoms with E-state index in [1.807, 2.05) is 72.8 Å². The lowest BCUT2D eigenvalue weighted by molar-refractivity contribution is -0.121. The van der Waals surface area contributed by atoms with Crippen molar-refractivity contribution in [1.29, 1.82) is 0 Å². The normalized spacial score (nSPS) is 16.1. The average molecular weight is 401 g/mol. The Morgan fingerprint density at radius 2 is 1.57 bits per heavy atom. The van der Waals surface area contributed by atoms with Crippen molar-refractivity contribution in [3.63, 3.8) is 0 Å². The van der Waals surface area contributed by atoms with Crippen molar-refractivity contribution < 1.29 is 9.53 Å². The maximum absolute atomic E-state index is 12.5. The highest BCUT2D eigenvalue weighted by molar-refractivity contribution is 5.91. The molecular formula is C26H28N2O2. The first kappa shape index (κ1) is 20.2. The SMILES string of the molecule is CC1CCN(c2ccc(NC(=O)COC(c3ccccc3)c3ccccc3)cc2)C1. The summed E-state index contributed by atoms with van der Waals surface area (Å²) in [6.07, 6.45) is 0.956. The zero-order valence-electron chi connectivity index (χ0n) is 17.3. The Hall–Kier alpha value is -3.11.